The van der Waals surface area contributed by atoms with Gasteiger partial charge in [-0.3, -0.25) is 0 Å². The molecule has 0 spiro atoms. The first-order chi connectivity index (χ1) is 16.4. The molecule has 1 aliphatic rings. The predicted molar refractivity (Wildman–Crippen MR) is 125 cm³/mol. The molecule has 0 aliphatic heterocycles. The molecule has 35 heavy (non-hydrogen) atoms. The molecule has 2 atom stereocenters. The second kappa shape index (κ2) is 9.52. The summed E-state index contributed by atoms with van der Waals surface area (Å²) in [5, 5.41) is 20.6. The van der Waals surface area contributed by atoms with Gasteiger partial charge < -0.3 is 14.8 Å². The van der Waals surface area contributed by atoms with Gasteiger partial charge in [-0.2, -0.15) is 13.2 Å². The van der Waals surface area contributed by atoms with E-state index in [4.69, 9.17) is 4.42 Å². The van der Waals surface area contributed by atoms with E-state index in [2.05, 4.69) is 25.5 Å². The highest BCUT2D eigenvalue weighted by Crippen LogP contribution is 2.36. The van der Waals surface area contributed by atoms with Crippen molar-refractivity contribution in [2.24, 2.45) is 10.9 Å². The number of halogens is 4. The minimum absolute atomic E-state index is 0.0392. The minimum atomic E-state index is -4.41. The van der Waals surface area contributed by atoms with Crippen LogP contribution in [-0.4, -0.2) is 45.3 Å². The van der Waals surface area contributed by atoms with E-state index in [1.807, 2.05) is 0 Å². The van der Waals surface area contributed by atoms with E-state index in [1.54, 1.807) is 19.2 Å². The maximum Gasteiger partial charge on any atom is 0.405 e. The van der Waals surface area contributed by atoms with E-state index >= 15 is 4.39 Å². The van der Waals surface area contributed by atoms with Crippen LogP contribution in [0.2, 0.25) is 0 Å². The van der Waals surface area contributed by atoms with E-state index in [0.717, 1.165) is 19.3 Å². The topological polar surface area (TPSA) is 96.4 Å². The zero-order chi connectivity index (χ0) is 25.4. The third-order valence-corrected chi connectivity index (χ3v) is 5.97. The van der Waals surface area contributed by atoms with Gasteiger partial charge >= 0.3 is 12.2 Å². The Balaban J connectivity index is 1.67. The van der Waals surface area contributed by atoms with Gasteiger partial charge in [0.25, 0.3) is 5.89 Å². The van der Waals surface area contributed by atoms with Gasteiger partial charge in [-0.15, -0.1) is 5.10 Å². The first kappa shape index (κ1) is 25.0. The van der Waals surface area contributed by atoms with Gasteiger partial charge in [0, 0.05) is 22.9 Å². The van der Waals surface area contributed by atoms with E-state index in [0.29, 0.717) is 28.6 Å². The maximum absolute atomic E-state index is 15.1. The molecule has 2 unspecified atom stereocenters. The second-order valence-electron chi connectivity index (χ2n) is 9.43. The summed E-state index contributed by atoms with van der Waals surface area (Å²) in [4.78, 5) is 8.76. The Bertz CT molecular complexity index is 1230. The van der Waals surface area contributed by atoms with Crippen LogP contribution in [-0.2, 0) is 5.67 Å². The zero-order valence-electron chi connectivity index (χ0n) is 19.7. The number of rotatable bonds is 6. The highest BCUT2D eigenvalue weighted by molar-refractivity contribution is 5.90. The zero-order valence-corrected chi connectivity index (χ0v) is 19.7. The number of hydrogen-bond acceptors (Lipinski definition) is 7. The summed E-state index contributed by atoms with van der Waals surface area (Å²) in [5.41, 5.74) is -0.330. The van der Waals surface area contributed by atoms with Crippen LogP contribution in [0.4, 0.5) is 29.3 Å². The summed E-state index contributed by atoms with van der Waals surface area (Å²) in [7, 11) is 0. The molecule has 1 saturated carbocycles. The Labute approximate surface area is 199 Å². The van der Waals surface area contributed by atoms with Crippen molar-refractivity contribution >= 4 is 28.8 Å². The molecule has 0 radical (unpaired) electrons. The summed E-state index contributed by atoms with van der Waals surface area (Å²) in [6.45, 7) is 3.15. The number of nitrogens with one attached hydrogen (secondary N) is 1. The molecule has 4 rings (SSSR count). The molecule has 2 N–H and O–H groups in total. The van der Waals surface area contributed by atoms with Gasteiger partial charge in [0.05, 0.1) is 11.6 Å². The van der Waals surface area contributed by atoms with E-state index in [-0.39, 0.29) is 35.2 Å². The Morgan fingerprint density at radius 1 is 1.17 bits per heavy atom. The van der Waals surface area contributed by atoms with Crippen molar-refractivity contribution in [1.82, 2.24) is 15.2 Å². The second-order valence-corrected chi connectivity index (χ2v) is 9.43. The molecule has 1 fully saturated rings. The van der Waals surface area contributed by atoms with Gasteiger partial charge in [-0.05, 0) is 69.7 Å². The summed E-state index contributed by atoms with van der Waals surface area (Å²) in [5.74, 6) is 0.220. The average molecular weight is 494 g/mol. The molecule has 2 aromatic heterocycles. The van der Waals surface area contributed by atoms with Crippen LogP contribution in [0.25, 0.3) is 22.5 Å². The number of aliphatic hydroxyl groups excluding tert-OH is 1. The van der Waals surface area contributed by atoms with E-state index in [1.165, 1.54) is 26.0 Å². The number of aliphatic imine (C=N–C) groups is 1. The molecular formula is C24H27F4N5O2. The molecule has 0 amide bonds. The highest BCUT2D eigenvalue weighted by atomic mass is 19.4. The van der Waals surface area contributed by atoms with Crippen molar-refractivity contribution < 1.29 is 27.1 Å². The smallest absolute Gasteiger partial charge is 0.400 e. The largest absolute Gasteiger partial charge is 0.405 e. The molecule has 0 saturated heterocycles. The lowest BCUT2D eigenvalue weighted by atomic mass is 9.88. The number of alkyl halides is 4. The predicted octanol–water partition coefficient (Wildman–Crippen LogP) is 6.03. The van der Waals surface area contributed by atoms with Gasteiger partial charge in [0.15, 0.2) is 0 Å². The Morgan fingerprint density at radius 2 is 1.94 bits per heavy atom. The van der Waals surface area contributed by atoms with Gasteiger partial charge in [-0.25, -0.2) is 14.4 Å². The van der Waals surface area contributed by atoms with Crippen LogP contribution in [0, 0.1) is 12.8 Å². The number of aliphatic hydroxyl groups is 1. The number of aromatic nitrogens is 3. The van der Waals surface area contributed by atoms with Crippen LogP contribution in [0.15, 0.2) is 27.6 Å². The summed E-state index contributed by atoms with van der Waals surface area (Å²) >= 11 is 0. The number of pyridine rings is 1. The number of anilines is 1. The number of fused-ring (bicyclic) bond motifs is 1. The number of aryl methyl sites for hydroxylation is 1. The molecule has 7 nitrogen and oxygen atoms in total. The van der Waals surface area contributed by atoms with Gasteiger partial charge in [0.2, 0.25) is 0 Å². The Hall–Kier alpha value is -3.08. The quantitative estimate of drug-likeness (QED) is 0.322. The SMILES string of the molecule is Cc1cc(-c2nnc(N=CC3CCCC(O)C3)o2)nc2c(C(C)(C)F)cc(NCC(F)(F)F)cc12. The molecule has 1 aromatic carbocycles. The van der Waals surface area contributed by atoms with Crippen molar-refractivity contribution in [3.8, 4) is 11.6 Å². The van der Waals surface area contributed by atoms with Crippen molar-refractivity contribution in [1.29, 1.82) is 0 Å². The van der Waals surface area contributed by atoms with Crippen molar-refractivity contribution in [2.75, 3.05) is 11.9 Å². The van der Waals surface area contributed by atoms with E-state index < -0.39 is 18.4 Å². The first-order valence-corrected chi connectivity index (χ1v) is 11.4. The molecule has 0 bridgehead atoms. The van der Waals surface area contributed by atoms with Crippen LogP contribution in [0.5, 0.6) is 0 Å². The van der Waals surface area contributed by atoms with Crippen LogP contribution in [0.1, 0.15) is 50.7 Å². The molecule has 188 valence electrons. The van der Waals surface area contributed by atoms with Gasteiger partial charge in [0.1, 0.15) is 17.9 Å². The molecule has 1 aliphatic carbocycles. The van der Waals surface area contributed by atoms with Crippen molar-refractivity contribution in [3.63, 3.8) is 0 Å². The van der Waals surface area contributed by atoms with Gasteiger partial charge in [-0.1, -0.05) is 11.5 Å². The standard InChI is InChI=1S/C24H27F4N5O2/c1-13-7-19(21-32-33-22(35-21)29-11-14-5-4-6-16(34)8-14)31-20-17(13)9-15(30-12-24(26,27)28)10-18(20)23(2,3)25/h7,9-11,14,16,30,34H,4-6,8,12H2,1-3H3. The fraction of sp³-hybridized carbons (Fsp3) is 0.500. The molecular weight excluding hydrogens is 466 g/mol. The lowest BCUT2D eigenvalue weighted by Crippen LogP contribution is -2.21. The number of nitrogens with zero attached hydrogens (tertiary/aromatic N) is 4. The summed E-state index contributed by atoms with van der Waals surface area (Å²) in [6, 6.07) is 4.55. The first-order valence-electron chi connectivity index (χ1n) is 11.4. The Kier molecular flexibility index (Phi) is 6.81. The molecule has 11 heteroatoms. The highest BCUT2D eigenvalue weighted by Gasteiger charge is 2.29. The third-order valence-electron chi connectivity index (χ3n) is 5.97. The number of hydrogen-bond donors (Lipinski definition) is 2. The fourth-order valence-electron chi connectivity index (χ4n) is 4.23. The summed E-state index contributed by atoms with van der Waals surface area (Å²) < 4.78 is 58.8. The lowest BCUT2D eigenvalue weighted by Gasteiger charge is -2.22. The minimum Gasteiger partial charge on any atom is -0.400 e. The Morgan fingerprint density at radius 3 is 2.63 bits per heavy atom. The van der Waals surface area contributed by atoms with Crippen LogP contribution >= 0.6 is 0 Å². The average Bonchev–Trinajstić information content (AvgIpc) is 3.24. The monoisotopic (exact) mass is 493 g/mol. The number of benzene rings is 1. The van der Waals surface area contributed by atoms with E-state index in [9.17, 15) is 18.3 Å². The van der Waals surface area contributed by atoms with Crippen molar-refractivity contribution in [2.45, 2.75) is 64.4 Å². The van der Waals surface area contributed by atoms with Crippen LogP contribution < -0.4 is 5.32 Å². The fourth-order valence-corrected chi connectivity index (χ4v) is 4.23. The summed E-state index contributed by atoms with van der Waals surface area (Å²) in [6.07, 6.45) is 0.241. The molecule has 2 heterocycles. The normalized spacial score (nSPS) is 19.5. The lowest BCUT2D eigenvalue weighted by molar-refractivity contribution is -0.115. The third kappa shape index (κ3) is 6.14. The van der Waals surface area contributed by atoms with Crippen LogP contribution in [0.3, 0.4) is 0 Å². The van der Waals surface area contributed by atoms with Crippen molar-refractivity contribution in [3.05, 3.63) is 29.3 Å². The molecule has 3 aromatic rings. The maximum atomic E-state index is 15.1.